The van der Waals surface area contributed by atoms with Gasteiger partial charge in [0.1, 0.15) is 0 Å². The van der Waals surface area contributed by atoms with Crippen molar-refractivity contribution in [2.75, 3.05) is 10.6 Å². The molecule has 0 amide bonds. The van der Waals surface area contributed by atoms with Crippen molar-refractivity contribution >= 4 is 34.4 Å². The lowest BCUT2D eigenvalue weighted by molar-refractivity contribution is 0.795. The van der Waals surface area contributed by atoms with Crippen LogP contribution < -0.4 is 10.6 Å². The van der Waals surface area contributed by atoms with Crippen LogP contribution in [0.15, 0.2) is 119 Å². The van der Waals surface area contributed by atoms with Crippen LogP contribution in [0.2, 0.25) is 0 Å². The molecule has 0 aliphatic rings. The zero-order valence-electron chi connectivity index (χ0n) is 28.3. The summed E-state index contributed by atoms with van der Waals surface area (Å²) in [6.45, 7) is 8.37. The predicted octanol–water partition coefficient (Wildman–Crippen LogP) is 11.3. The van der Waals surface area contributed by atoms with E-state index in [2.05, 4.69) is 73.0 Å². The van der Waals surface area contributed by atoms with Crippen molar-refractivity contribution in [2.24, 2.45) is 10.2 Å². The van der Waals surface area contributed by atoms with Gasteiger partial charge in [-0.05, 0) is 99.2 Å². The highest BCUT2D eigenvalue weighted by Crippen LogP contribution is 2.39. The van der Waals surface area contributed by atoms with E-state index in [1.54, 1.807) is 0 Å². The molecular formula is C40H44N8. The lowest BCUT2D eigenvalue weighted by Gasteiger charge is -2.12. The van der Waals surface area contributed by atoms with Gasteiger partial charge in [-0.1, -0.05) is 87.4 Å². The van der Waals surface area contributed by atoms with Gasteiger partial charge in [-0.15, -0.1) is 10.2 Å². The van der Waals surface area contributed by atoms with Crippen LogP contribution in [0.4, 0.5) is 34.4 Å². The number of hydrogen-bond donors (Lipinski definition) is 2. The monoisotopic (exact) mass is 636 g/mol. The van der Waals surface area contributed by atoms with E-state index in [9.17, 15) is 0 Å². The lowest BCUT2D eigenvalue weighted by atomic mass is 10.1. The molecule has 0 spiro atoms. The van der Waals surface area contributed by atoms with Crippen LogP contribution >= 0.6 is 0 Å². The molecule has 0 bridgehead atoms. The number of anilines is 4. The van der Waals surface area contributed by atoms with E-state index in [0.29, 0.717) is 11.4 Å². The Labute approximate surface area is 283 Å². The molecule has 8 heteroatoms. The minimum Gasteiger partial charge on any atom is -0.338 e. The molecular weight excluding hydrogens is 592 g/mol. The van der Waals surface area contributed by atoms with Gasteiger partial charge in [-0.25, -0.2) is 9.36 Å². The fraction of sp³-hybridized carbons (Fsp3) is 0.250. The largest absolute Gasteiger partial charge is 0.338 e. The highest BCUT2D eigenvalue weighted by Gasteiger charge is 2.20. The second-order valence-electron chi connectivity index (χ2n) is 12.1. The highest BCUT2D eigenvalue weighted by atomic mass is 15.4. The minimum atomic E-state index is 0.659. The van der Waals surface area contributed by atoms with E-state index in [4.69, 9.17) is 20.4 Å². The molecule has 0 radical (unpaired) electrons. The molecule has 2 N–H and O–H groups in total. The number of aromatic nitrogens is 4. The van der Waals surface area contributed by atoms with E-state index in [1.807, 2.05) is 83.9 Å². The first-order chi connectivity index (χ1) is 23.5. The Morgan fingerprint density at radius 1 is 0.521 bits per heavy atom. The smallest absolute Gasteiger partial charge is 0.162 e. The molecule has 2 aromatic heterocycles. The summed E-state index contributed by atoms with van der Waals surface area (Å²) in [5, 5.41) is 26.8. The van der Waals surface area contributed by atoms with Crippen molar-refractivity contribution in [1.29, 1.82) is 0 Å². The molecule has 0 aliphatic carbocycles. The van der Waals surface area contributed by atoms with Gasteiger partial charge in [0.2, 0.25) is 0 Å². The fourth-order valence-corrected chi connectivity index (χ4v) is 5.66. The fourth-order valence-electron chi connectivity index (χ4n) is 5.66. The van der Waals surface area contributed by atoms with Crippen molar-refractivity contribution < 1.29 is 0 Å². The average molecular weight is 637 g/mol. The Balaban J connectivity index is 1.39. The Hall–Kier alpha value is -5.50. The summed E-state index contributed by atoms with van der Waals surface area (Å²) in [6.07, 6.45) is 6.86. The summed E-state index contributed by atoms with van der Waals surface area (Å²) in [7, 11) is 0. The minimum absolute atomic E-state index is 0.659. The molecule has 6 aromatic rings. The Kier molecular flexibility index (Phi) is 10.4. The van der Waals surface area contributed by atoms with Gasteiger partial charge in [0.25, 0.3) is 0 Å². The third kappa shape index (κ3) is 7.55. The van der Waals surface area contributed by atoms with E-state index < -0.39 is 0 Å². The number of aryl methyl sites for hydroxylation is 4. The third-order valence-electron chi connectivity index (χ3n) is 8.38. The maximum absolute atomic E-state index is 4.91. The predicted molar refractivity (Wildman–Crippen MR) is 197 cm³/mol. The van der Waals surface area contributed by atoms with Gasteiger partial charge >= 0.3 is 0 Å². The van der Waals surface area contributed by atoms with Gasteiger partial charge < -0.3 is 10.6 Å². The second-order valence-corrected chi connectivity index (χ2v) is 12.1. The molecule has 4 aromatic carbocycles. The molecule has 6 rings (SSSR count). The number of unbranched alkanes of at least 4 members (excludes halogenated alkanes) is 2. The standard InChI is InChI=1S/C40H44N8/c1-5-7-15-31-21-25-33(26-22-31)41-39-37(29(3)45-47(39)35-17-11-9-12-18-35)43-44-38-30(4)46-48(36-19-13-10-14-20-36)40(38)42-34-27-23-32(24-28-34)16-8-6-2/h9-14,17-28,41-42H,5-8,15-16H2,1-4H3/b44-43+. The Morgan fingerprint density at radius 3 is 1.25 bits per heavy atom. The van der Waals surface area contributed by atoms with Crippen LogP contribution in [0.5, 0.6) is 0 Å². The molecule has 0 aliphatic heterocycles. The molecule has 0 fully saturated rings. The number of nitrogens with one attached hydrogen (secondary N) is 2. The maximum Gasteiger partial charge on any atom is 0.162 e. The number of benzene rings is 4. The second kappa shape index (κ2) is 15.4. The van der Waals surface area contributed by atoms with Crippen LogP contribution in [0.3, 0.4) is 0 Å². The first-order valence-corrected chi connectivity index (χ1v) is 17.0. The van der Waals surface area contributed by atoms with Crippen LogP contribution in [-0.2, 0) is 12.8 Å². The molecule has 0 unspecified atom stereocenters. The molecule has 8 nitrogen and oxygen atoms in total. The van der Waals surface area contributed by atoms with E-state index >= 15 is 0 Å². The number of rotatable bonds is 14. The van der Waals surface area contributed by atoms with E-state index in [-0.39, 0.29) is 0 Å². The summed E-state index contributed by atoms with van der Waals surface area (Å²) in [5.41, 5.74) is 9.28. The quantitative estimate of drug-likeness (QED) is 0.117. The Bertz CT molecular complexity index is 1790. The molecule has 0 saturated carbocycles. The number of azo groups is 1. The number of para-hydroxylation sites is 2. The zero-order chi connectivity index (χ0) is 33.3. The van der Waals surface area contributed by atoms with Gasteiger partial charge in [0.15, 0.2) is 23.0 Å². The van der Waals surface area contributed by atoms with Crippen molar-refractivity contribution in [3.05, 3.63) is 132 Å². The topological polar surface area (TPSA) is 84.4 Å². The molecule has 244 valence electrons. The first kappa shape index (κ1) is 32.4. The van der Waals surface area contributed by atoms with Gasteiger partial charge in [-0.2, -0.15) is 10.2 Å². The molecule has 0 saturated heterocycles. The number of nitrogens with zero attached hydrogens (tertiary/aromatic N) is 6. The first-order valence-electron chi connectivity index (χ1n) is 17.0. The molecule has 48 heavy (non-hydrogen) atoms. The van der Waals surface area contributed by atoms with Crippen LogP contribution in [0.1, 0.15) is 62.0 Å². The van der Waals surface area contributed by atoms with Gasteiger partial charge in [-0.3, -0.25) is 0 Å². The molecule has 0 atom stereocenters. The summed E-state index contributed by atoms with van der Waals surface area (Å²) in [4.78, 5) is 0. The average Bonchev–Trinajstić information content (AvgIpc) is 3.61. The number of hydrogen-bond acceptors (Lipinski definition) is 6. The van der Waals surface area contributed by atoms with Crippen molar-refractivity contribution in [3.63, 3.8) is 0 Å². The van der Waals surface area contributed by atoms with Crippen LogP contribution in [0.25, 0.3) is 11.4 Å². The van der Waals surface area contributed by atoms with E-state index in [0.717, 1.165) is 58.6 Å². The Morgan fingerprint density at radius 2 is 0.896 bits per heavy atom. The molecule has 2 heterocycles. The van der Waals surface area contributed by atoms with Crippen LogP contribution in [0, 0.1) is 13.8 Å². The van der Waals surface area contributed by atoms with Gasteiger partial charge in [0, 0.05) is 11.4 Å². The summed E-state index contributed by atoms with van der Waals surface area (Å²) >= 11 is 0. The third-order valence-corrected chi connectivity index (χ3v) is 8.38. The lowest BCUT2D eigenvalue weighted by Crippen LogP contribution is -2.03. The summed E-state index contributed by atoms with van der Waals surface area (Å²) in [6, 6.07) is 37.4. The normalized spacial score (nSPS) is 11.3. The summed E-state index contributed by atoms with van der Waals surface area (Å²) in [5.74, 6) is 1.49. The van der Waals surface area contributed by atoms with E-state index in [1.165, 1.54) is 36.8 Å². The van der Waals surface area contributed by atoms with Crippen LogP contribution in [-0.4, -0.2) is 19.6 Å². The van der Waals surface area contributed by atoms with Gasteiger partial charge in [0.05, 0.1) is 22.8 Å². The summed E-state index contributed by atoms with van der Waals surface area (Å²) < 4.78 is 3.79. The SMILES string of the molecule is CCCCc1ccc(Nc2c(/N=N/c3c(C)nn(-c4ccccc4)c3Nc3ccc(CCCC)cc3)c(C)nn2-c2ccccc2)cc1. The van der Waals surface area contributed by atoms with Crippen molar-refractivity contribution in [3.8, 4) is 11.4 Å². The van der Waals surface area contributed by atoms with Crippen molar-refractivity contribution in [2.45, 2.75) is 66.2 Å². The maximum atomic E-state index is 4.91. The van der Waals surface area contributed by atoms with Crippen molar-refractivity contribution in [1.82, 2.24) is 19.6 Å². The zero-order valence-corrected chi connectivity index (χ0v) is 28.3. The highest BCUT2D eigenvalue weighted by molar-refractivity contribution is 5.75.